The molecule has 2 unspecified atom stereocenters. The molecule has 0 aromatic heterocycles. The second-order valence-corrected chi connectivity index (χ2v) is 4.33. The molecule has 1 aliphatic rings. The molecule has 3 N–H and O–H groups in total. The second kappa shape index (κ2) is 3.70. The molecule has 2 atom stereocenters. The standard InChI is InChI=1S/C10H11Cl2NO/c11-7-2-1-6-8(14)3-5(4-13)9(6)10(7)12/h1-2,5,8,14H,3-4,13H2. The van der Waals surface area contributed by atoms with Crippen LogP contribution in [-0.4, -0.2) is 11.7 Å². The molecule has 0 bridgehead atoms. The Kier molecular flexibility index (Phi) is 2.71. The van der Waals surface area contributed by atoms with Crippen LogP contribution in [0.2, 0.25) is 10.0 Å². The van der Waals surface area contributed by atoms with Crippen molar-refractivity contribution in [3.8, 4) is 0 Å². The number of rotatable bonds is 1. The molecule has 4 heteroatoms. The molecular weight excluding hydrogens is 221 g/mol. The van der Waals surface area contributed by atoms with E-state index in [9.17, 15) is 5.11 Å². The molecule has 0 aliphatic heterocycles. The Morgan fingerprint density at radius 2 is 2.14 bits per heavy atom. The molecule has 0 amide bonds. The normalized spacial score (nSPS) is 25.1. The van der Waals surface area contributed by atoms with E-state index in [1.54, 1.807) is 6.07 Å². The lowest BCUT2D eigenvalue weighted by Gasteiger charge is -2.10. The van der Waals surface area contributed by atoms with Gasteiger partial charge in [-0.3, -0.25) is 0 Å². The van der Waals surface area contributed by atoms with Crippen molar-refractivity contribution in [1.29, 1.82) is 0 Å². The molecule has 0 radical (unpaired) electrons. The van der Waals surface area contributed by atoms with E-state index in [4.69, 9.17) is 28.9 Å². The highest BCUT2D eigenvalue weighted by atomic mass is 35.5. The number of fused-ring (bicyclic) bond motifs is 1. The second-order valence-electron chi connectivity index (χ2n) is 3.55. The summed E-state index contributed by atoms with van der Waals surface area (Å²) in [4.78, 5) is 0. The number of hydrogen-bond donors (Lipinski definition) is 2. The van der Waals surface area contributed by atoms with Gasteiger partial charge in [0.15, 0.2) is 0 Å². The first-order chi connectivity index (χ1) is 6.65. The minimum atomic E-state index is -0.451. The van der Waals surface area contributed by atoms with Crippen molar-refractivity contribution >= 4 is 23.2 Å². The molecule has 0 saturated carbocycles. The van der Waals surface area contributed by atoms with E-state index in [1.807, 2.05) is 6.07 Å². The van der Waals surface area contributed by atoms with E-state index in [0.29, 0.717) is 23.0 Å². The predicted octanol–water partition coefficient (Wildman–Crippen LogP) is 2.47. The van der Waals surface area contributed by atoms with Gasteiger partial charge in [-0.1, -0.05) is 29.3 Å². The number of halogens is 2. The average molecular weight is 232 g/mol. The molecule has 1 aromatic rings. The van der Waals surface area contributed by atoms with Gasteiger partial charge >= 0.3 is 0 Å². The Labute approximate surface area is 92.6 Å². The highest BCUT2D eigenvalue weighted by Gasteiger charge is 2.31. The highest BCUT2D eigenvalue weighted by molar-refractivity contribution is 6.42. The van der Waals surface area contributed by atoms with Crippen molar-refractivity contribution in [3.05, 3.63) is 33.3 Å². The molecule has 2 nitrogen and oxygen atoms in total. The summed E-state index contributed by atoms with van der Waals surface area (Å²) in [6.07, 6.45) is 0.194. The van der Waals surface area contributed by atoms with Crippen LogP contribution in [0.25, 0.3) is 0 Å². The Morgan fingerprint density at radius 3 is 2.79 bits per heavy atom. The third-order valence-corrected chi connectivity index (χ3v) is 3.54. The van der Waals surface area contributed by atoms with E-state index in [2.05, 4.69) is 0 Å². The van der Waals surface area contributed by atoms with Gasteiger partial charge in [-0.15, -0.1) is 0 Å². The molecule has 2 rings (SSSR count). The maximum Gasteiger partial charge on any atom is 0.0799 e. The Balaban J connectivity index is 2.58. The first kappa shape index (κ1) is 10.2. The third kappa shape index (κ3) is 1.43. The third-order valence-electron chi connectivity index (χ3n) is 2.73. The maximum atomic E-state index is 9.74. The molecule has 1 aliphatic carbocycles. The zero-order chi connectivity index (χ0) is 10.3. The van der Waals surface area contributed by atoms with Crippen molar-refractivity contribution in [1.82, 2.24) is 0 Å². The fraction of sp³-hybridized carbons (Fsp3) is 0.400. The topological polar surface area (TPSA) is 46.2 Å². The van der Waals surface area contributed by atoms with Crippen molar-refractivity contribution < 1.29 is 5.11 Å². The molecule has 0 fully saturated rings. The highest BCUT2D eigenvalue weighted by Crippen LogP contribution is 2.45. The Morgan fingerprint density at radius 1 is 1.43 bits per heavy atom. The smallest absolute Gasteiger partial charge is 0.0799 e. The number of benzene rings is 1. The molecular formula is C10H11Cl2NO. The van der Waals surface area contributed by atoms with Crippen LogP contribution in [0.4, 0.5) is 0 Å². The zero-order valence-corrected chi connectivity index (χ0v) is 9.02. The summed E-state index contributed by atoms with van der Waals surface area (Å²) < 4.78 is 0. The Hall–Kier alpha value is -0.280. The van der Waals surface area contributed by atoms with E-state index < -0.39 is 6.10 Å². The molecule has 1 aromatic carbocycles. The van der Waals surface area contributed by atoms with Gasteiger partial charge in [0.1, 0.15) is 0 Å². The first-order valence-electron chi connectivity index (χ1n) is 4.51. The van der Waals surface area contributed by atoms with Gasteiger partial charge in [0.2, 0.25) is 0 Å². The summed E-state index contributed by atoms with van der Waals surface area (Å²) >= 11 is 12.0. The lowest BCUT2D eigenvalue weighted by atomic mass is 10.0. The quantitative estimate of drug-likeness (QED) is 0.781. The van der Waals surface area contributed by atoms with Crippen LogP contribution in [0.15, 0.2) is 12.1 Å². The number of hydrogen-bond acceptors (Lipinski definition) is 2. The summed E-state index contributed by atoms with van der Waals surface area (Å²) in [5.74, 6) is 0.131. The van der Waals surface area contributed by atoms with E-state index in [-0.39, 0.29) is 5.92 Å². The first-order valence-corrected chi connectivity index (χ1v) is 5.26. The van der Waals surface area contributed by atoms with Gasteiger partial charge in [0, 0.05) is 5.92 Å². The van der Waals surface area contributed by atoms with Crippen LogP contribution in [0.3, 0.4) is 0 Å². The fourth-order valence-corrected chi connectivity index (χ4v) is 2.51. The van der Waals surface area contributed by atoms with E-state index in [1.165, 1.54) is 0 Å². The van der Waals surface area contributed by atoms with Crippen LogP contribution in [0.5, 0.6) is 0 Å². The van der Waals surface area contributed by atoms with Crippen LogP contribution < -0.4 is 5.73 Å². The SMILES string of the molecule is NCC1CC(O)c2ccc(Cl)c(Cl)c21. The van der Waals surface area contributed by atoms with Gasteiger partial charge in [0.05, 0.1) is 16.1 Å². The summed E-state index contributed by atoms with van der Waals surface area (Å²) in [6, 6.07) is 3.54. The van der Waals surface area contributed by atoms with Crippen molar-refractivity contribution in [2.75, 3.05) is 6.54 Å². The molecule has 0 spiro atoms. The molecule has 0 heterocycles. The minimum Gasteiger partial charge on any atom is -0.388 e. The Bertz CT molecular complexity index is 367. The van der Waals surface area contributed by atoms with Crippen molar-refractivity contribution in [2.45, 2.75) is 18.4 Å². The van der Waals surface area contributed by atoms with Crippen LogP contribution in [0, 0.1) is 0 Å². The molecule has 0 saturated heterocycles. The van der Waals surface area contributed by atoms with E-state index >= 15 is 0 Å². The monoisotopic (exact) mass is 231 g/mol. The van der Waals surface area contributed by atoms with Gasteiger partial charge in [-0.2, -0.15) is 0 Å². The molecule has 76 valence electrons. The number of nitrogens with two attached hydrogens (primary N) is 1. The van der Waals surface area contributed by atoms with Gasteiger partial charge in [-0.05, 0) is 30.2 Å². The van der Waals surface area contributed by atoms with Crippen molar-refractivity contribution in [2.24, 2.45) is 5.73 Å². The number of aliphatic hydroxyl groups is 1. The van der Waals surface area contributed by atoms with Gasteiger partial charge in [0.25, 0.3) is 0 Å². The van der Waals surface area contributed by atoms with Crippen LogP contribution in [-0.2, 0) is 0 Å². The van der Waals surface area contributed by atoms with Crippen LogP contribution in [0.1, 0.15) is 29.6 Å². The maximum absolute atomic E-state index is 9.74. The van der Waals surface area contributed by atoms with Crippen molar-refractivity contribution in [3.63, 3.8) is 0 Å². The summed E-state index contributed by atoms with van der Waals surface area (Å²) in [6.45, 7) is 0.490. The lowest BCUT2D eigenvalue weighted by Crippen LogP contribution is -2.10. The van der Waals surface area contributed by atoms with Gasteiger partial charge in [-0.25, -0.2) is 0 Å². The van der Waals surface area contributed by atoms with Gasteiger partial charge < -0.3 is 10.8 Å². The largest absolute Gasteiger partial charge is 0.388 e. The van der Waals surface area contributed by atoms with E-state index in [0.717, 1.165) is 11.1 Å². The van der Waals surface area contributed by atoms with Crippen LogP contribution >= 0.6 is 23.2 Å². The summed E-state index contributed by atoms with van der Waals surface area (Å²) in [5.41, 5.74) is 7.41. The lowest BCUT2D eigenvalue weighted by molar-refractivity contribution is 0.173. The fourth-order valence-electron chi connectivity index (χ4n) is 2.02. The average Bonchev–Trinajstić information content (AvgIpc) is 2.50. The summed E-state index contributed by atoms with van der Waals surface area (Å²) in [5, 5.41) is 10.8. The zero-order valence-electron chi connectivity index (χ0n) is 7.50. The number of aliphatic hydroxyl groups excluding tert-OH is 1. The summed E-state index contributed by atoms with van der Waals surface area (Å²) in [7, 11) is 0. The molecule has 14 heavy (non-hydrogen) atoms. The minimum absolute atomic E-state index is 0.131. The predicted molar refractivity (Wildman–Crippen MR) is 57.8 cm³/mol.